The van der Waals surface area contributed by atoms with Crippen molar-refractivity contribution in [2.24, 2.45) is 5.16 Å². The van der Waals surface area contributed by atoms with Gasteiger partial charge in [-0.2, -0.15) is 13.2 Å². The smallest absolute Gasteiger partial charge is 0.318 e. The molecule has 0 aromatic heterocycles. The van der Waals surface area contributed by atoms with Crippen LogP contribution in [0.2, 0.25) is 5.02 Å². The molecule has 0 saturated heterocycles. The fourth-order valence-corrected chi connectivity index (χ4v) is 2.84. The Morgan fingerprint density at radius 3 is 2.63 bits per heavy atom. The summed E-state index contributed by atoms with van der Waals surface area (Å²) >= 11 is 5.96. The molecule has 1 aliphatic rings. The zero-order valence-corrected chi connectivity index (χ0v) is 14.6. The van der Waals surface area contributed by atoms with Crippen LogP contribution in [-0.2, 0) is 27.1 Å². The molecule has 1 amide bonds. The lowest BCUT2D eigenvalue weighted by Crippen LogP contribution is -2.30. The molecule has 1 heterocycles. The molecular weight excluding hydrogens is 385 g/mol. The minimum atomic E-state index is -4.49. The highest BCUT2D eigenvalue weighted by molar-refractivity contribution is 6.54. The number of hydrogen-bond acceptors (Lipinski definition) is 4. The lowest BCUT2D eigenvalue weighted by Gasteiger charge is -2.18. The minimum Gasteiger partial charge on any atom is -0.318 e. The zero-order chi connectivity index (χ0) is 19.8. The van der Waals surface area contributed by atoms with Crippen molar-refractivity contribution in [3.63, 3.8) is 0 Å². The fraction of sp³-hybridized carbons (Fsp3) is 0.167. The molecule has 0 saturated carbocycles. The maximum atomic E-state index is 12.9. The van der Waals surface area contributed by atoms with Crippen LogP contribution in [0.1, 0.15) is 23.6 Å². The van der Waals surface area contributed by atoms with Gasteiger partial charge in [0.15, 0.2) is 5.71 Å². The molecule has 0 atom stereocenters. The third-order valence-electron chi connectivity index (χ3n) is 3.81. The van der Waals surface area contributed by atoms with Crippen LogP contribution in [-0.4, -0.2) is 17.6 Å². The predicted molar refractivity (Wildman–Crippen MR) is 92.4 cm³/mol. The summed E-state index contributed by atoms with van der Waals surface area (Å²) in [5, 5.41) is 3.90. The van der Waals surface area contributed by atoms with Crippen molar-refractivity contribution in [2.75, 3.05) is 4.90 Å². The summed E-state index contributed by atoms with van der Waals surface area (Å²) in [6, 6.07) is 9.26. The molecule has 2 aromatic rings. The maximum Gasteiger partial charge on any atom is 0.416 e. The fourth-order valence-electron chi connectivity index (χ4n) is 2.67. The Hall–Kier alpha value is -2.87. The summed E-state index contributed by atoms with van der Waals surface area (Å²) in [5.74, 6) is -1.32. The van der Waals surface area contributed by atoms with Crippen LogP contribution in [0, 0.1) is 0 Å². The first-order valence-electron chi connectivity index (χ1n) is 7.70. The average Bonchev–Trinajstić information content (AvgIpc) is 2.83. The van der Waals surface area contributed by atoms with Crippen LogP contribution in [0.15, 0.2) is 47.6 Å². The second-order valence-electron chi connectivity index (χ2n) is 5.77. The maximum absolute atomic E-state index is 12.9. The quantitative estimate of drug-likeness (QED) is 0.578. The van der Waals surface area contributed by atoms with E-state index in [1.54, 1.807) is 12.1 Å². The van der Waals surface area contributed by atoms with E-state index >= 15 is 0 Å². The third kappa shape index (κ3) is 3.95. The first-order chi connectivity index (χ1) is 12.7. The molecule has 0 radical (unpaired) electrons. The second-order valence-corrected chi connectivity index (χ2v) is 6.21. The Morgan fingerprint density at radius 1 is 1.22 bits per heavy atom. The third-order valence-corrected chi connectivity index (χ3v) is 4.05. The number of hydrogen-bond donors (Lipinski definition) is 0. The van der Waals surface area contributed by atoms with E-state index in [-0.39, 0.29) is 17.8 Å². The van der Waals surface area contributed by atoms with Crippen LogP contribution >= 0.6 is 11.6 Å². The highest BCUT2D eigenvalue weighted by atomic mass is 35.5. The normalized spacial score (nSPS) is 15.2. The number of nitrogens with zero attached hydrogens (tertiary/aromatic N) is 2. The van der Waals surface area contributed by atoms with Crippen molar-refractivity contribution in [1.29, 1.82) is 0 Å². The van der Waals surface area contributed by atoms with E-state index in [1.165, 1.54) is 23.1 Å². The molecule has 0 spiro atoms. The molecule has 0 bridgehead atoms. The largest absolute Gasteiger partial charge is 0.416 e. The number of benzene rings is 2. The molecule has 27 heavy (non-hydrogen) atoms. The molecule has 9 heteroatoms. The van der Waals surface area contributed by atoms with Crippen LogP contribution in [0.5, 0.6) is 0 Å². The van der Waals surface area contributed by atoms with Gasteiger partial charge in [-0.25, -0.2) is 4.79 Å². The molecule has 0 fully saturated rings. The van der Waals surface area contributed by atoms with E-state index in [4.69, 9.17) is 11.6 Å². The summed E-state index contributed by atoms with van der Waals surface area (Å²) in [5.41, 5.74) is 0.0766. The Bertz CT molecular complexity index is 957. The monoisotopic (exact) mass is 396 g/mol. The number of carbonyl (C=O) groups excluding carboxylic acids is 2. The van der Waals surface area contributed by atoms with E-state index in [9.17, 15) is 22.8 Å². The van der Waals surface area contributed by atoms with Crippen molar-refractivity contribution < 1.29 is 27.6 Å². The van der Waals surface area contributed by atoms with Gasteiger partial charge in [-0.05, 0) is 35.9 Å². The zero-order valence-electron chi connectivity index (χ0n) is 13.9. The molecule has 0 N–H and O–H groups in total. The van der Waals surface area contributed by atoms with Gasteiger partial charge >= 0.3 is 12.1 Å². The van der Waals surface area contributed by atoms with Crippen molar-refractivity contribution in [3.05, 3.63) is 64.2 Å². The SMILES string of the molecule is CC(=O)ON=C1C(=O)N(Cc2cccc(C(F)(F)F)c2)c2ccc(Cl)cc21. The van der Waals surface area contributed by atoms with E-state index in [2.05, 4.69) is 9.99 Å². The highest BCUT2D eigenvalue weighted by Gasteiger charge is 2.36. The molecular formula is C18H12ClF3N2O3. The van der Waals surface area contributed by atoms with Crippen LogP contribution in [0.25, 0.3) is 0 Å². The number of halogens is 4. The van der Waals surface area contributed by atoms with E-state index < -0.39 is 23.6 Å². The van der Waals surface area contributed by atoms with E-state index in [0.717, 1.165) is 19.1 Å². The Morgan fingerprint density at radius 2 is 1.96 bits per heavy atom. The van der Waals surface area contributed by atoms with E-state index in [1.807, 2.05) is 0 Å². The summed E-state index contributed by atoms with van der Waals surface area (Å²) in [4.78, 5) is 29.5. The molecule has 1 aliphatic heterocycles. The number of rotatable bonds is 3. The second kappa shape index (κ2) is 7.03. The van der Waals surface area contributed by atoms with Gasteiger partial charge in [0.05, 0.1) is 17.8 Å². The van der Waals surface area contributed by atoms with Gasteiger partial charge < -0.3 is 9.74 Å². The number of amides is 1. The minimum absolute atomic E-state index is 0.115. The standard InChI is InChI=1S/C18H12ClF3N2O3/c1-10(25)27-23-16-14-8-13(19)5-6-15(14)24(17(16)26)9-11-3-2-4-12(7-11)18(20,21)22/h2-8H,9H2,1H3. The first-order valence-corrected chi connectivity index (χ1v) is 8.08. The number of carbonyl (C=O) groups is 2. The average molecular weight is 397 g/mol. The van der Waals surface area contributed by atoms with Crippen molar-refractivity contribution in [2.45, 2.75) is 19.6 Å². The van der Waals surface area contributed by atoms with Crippen LogP contribution in [0.4, 0.5) is 18.9 Å². The first kappa shape index (κ1) is 18.9. The Kier molecular flexibility index (Phi) is 4.93. The lowest BCUT2D eigenvalue weighted by molar-refractivity contribution is -0.141. The summed E-state index contributed by atoms with van der Waals surface area (Å²) < 4.78 is 38.8. The van der Waals surface area contributed by atoms with Crippen molar-refractivity contribution in [3.8, 4) is 0 Å². The van der Waals surface area contributed by atoms with Crippen molar-refractivity contribution in [1.82, 2.24) is 0 Å². The number of fused-ring (bicyclic) bond motifs is 1. The predicted octanol–water partition coefficient (Wildman–Crippen LogP) is 4.17. The van der Waals surface area contributed by atoms with Gasteiger partial charge in [-0.1, -0.05) is 28.9 Å². The highest BCUT2D eigenvalue weighted by Crippen LogP contribution is 2.34. The van der Waals surface area contributed by atoms with Gasteiger partial charge in [0.1, 0.15) is 0 Å². The van der Waals surface area contributed by atoms with Gasteiger partial charge in [-0.3, -0.25) is 4.79 Å². The summed E-state index contributed by atoms with van der Waals surface area (Å²) in [6.45, 7) is 1.01. The molecule has 5 nitrogen and oxygen atoms in total. The molecule has 3 rings (SSSR count). The molecule has 0 unspecified atom stereocenters. The van der Waals surface area contributed by atoms with Gasteiger partial charge in [0, 0.05) is 17.5 Å². The number of oxime groups is 1. The van der Waals surface area contributed by atoms with Crippen molar-refractivity contribution >= 4 is 34.9 Å². The summed E-state index contributed by atoms with van der Waals surface area (Å²) in [7, 11) is 0. The van der Waals surface area contributed by atoms with Gasteiger partial charge in [0.2, 0.25) is 0 Å². The van der Waals surface area contributed by atoms with Gasteiger partial charge in [-0.15, -0.1) is 0 Å². The number of anilines is 1. The van der Waals surface area contributed by atoms with Gasteiger partial charge in [0.25, 0.3) is 5.91 Å². The Balaban J connectivity index is 1.99. The van der Waals surface area contributed by atoms with E-state index in [0.29, 0.717) is 16.3 Å². The molecule has 140 valence electrons. The Labute approximate surface area is 157 Å². The van der Waals surface area contributed by atoms with Crippen LogP contribution < -0.4 is 4.90 Å². The molecule has 2 aromatic carbocycles. The number of alkyl halides is 3. The summed E-state index contributed by atoms with van der Waals surface area (Å²) in [6.07, 6.45) is -4.49. The topological polar surface area (TPSA) is 59.0 Å². The molecule has 0 aliphatic carbocycles. The van der Waals surface area contributed by atoms with Crippen LogP contribution in [0.3, 0.4) is 0 Å². The lowest BCUT2D eigenvalue weighted by atomic mass is 10.1.